The van der Waals surface area contributed by atoms with E-state index >= 15 is 0 Å². The molecule has 1 atom stereocenters. The molecule has 2 aromatic heterocycles. The number of hydrogen-bond acceptors (Lipinski definition) is 9. The summed E-state index contributed by atoms with van der Waals surface area (Å²) in [5, 5.41) is 10.7. The molecule has 1 unspecified atom stereocenters. The number of hydrogen-bond donors (Lipinski definition) is 0. The molecule has 5 rings (SSSR count). The fourth-order valence-corrected chi connectivity index (χ4v) is 4.84. The van der Waals surface area contributed by atoms with Crippen LogP contribution in [0.4, 0.5) is 15.2 Å². The second-order valence-corrected chi connectivity index (χ2v) is 8.75. The standard InChI is InChI=1S/C22H17FN4O4S2/c1-13(28)27(16-7-3-2-6-15(16)23)21-24-14(11-32-21)12-33-22-26-25-20(31-22)19-10-29-17-8-4-5-9-18(17)30-19/h2-9,11,19H,10,12H2,1H3. The Hall–Kier alpha value is -3.44. The summed E-state index contributed by atoms with van der Waals surface area (Å²) >= 11 is 2.56. The van der Waals surface area contributed by atoms with Crippen molar-refractivity contribution in [3.05, 3.63) is 71.3 Å². The van der Waals surface area contributed by atoms with E-state index in [1.165, 1.54) is 41.0 Å². The SMILES string of the molecule is CC(=O)N(c1nc(CSc2nnc(C3COc4ccccc4O3)o2)cs1)c1ccccc1F. The Morgan fingerprint density at radius 2 is 1.97 bits per heavy atom. The molecule has 0 saturated carbocycles. The number of aromatic nitrogens is 3. The monoisotopic (exact) mass is 484 g/mol. The Balaban J connectivity index is 1.25. The molecular weight excluding hydrogens is 467 g/mol. The molecule has 1 aliphatic rings. The number of ether oxygens (including phenoxy) is 2. The van der Waals surface area contributed by atoms with E-state index < -0.39 is 11.9 Å². The van der Waals surface area contributed by atoms with Crippen molar-refractivity contribution >= 4 is 39.8 Å². The topological polar surface area (TPSA) is 90.6 Å². The number of fused-ring (bicyclic) bond motifs is 1. The number of thiazole rings is 1. The number of amides is 1. The minimum absolute atomic E-state index is 0.163. The average Bonchev–Trinajstić information content (AvgIpc) is 3.48. The Morgan fingerprint density at radius 1 is 1.18 bits per heavy atom. The lowest BCUT2D eigenvalue weighted by molar-refractivity contribution is -0.115. The normalized spacial score (nSPS) is 14.8. The number of nitrogens with zero attached hydrogens (tertiary/aromatic N) is 4. The van der Waals surface area contributed by atoms with Gasteiger partial charge in [0, 0.05) is 18.1 Å². The maximum absolute atomic E-state index is 14.2. The van der Waals surface area contributed by atoms with Crippen LogP contribution in [0.1, 0.15) is 24.6 Å². The molecule has 11 heteroatoms. The average molecular weight is 485 g/mol. The zero-order valence-electron chi connectivity index (χ0n) is 17.3. The fraction of sp³-hybridized carbons (Fsp3) is 0.182. The van der Waals surface area contributed by atoms with Gasteiger partial charge in [-0.15, -0.1) is 21.5 Å². The van der Waals surface area contributed by atoms with Gasteiger partial charge in [-0.1, -0.05) is 36.0 Å². The van der Waals surface area contributed by atoms with Crippen molar-refractivity contribution in [3.8, 4) is 11.5 Å². The van der Waals surface area contributed by atoms with E-state index in [-0.39, 0.29) is 18.2 Å². The van der Waals surface area contributed by atoms with Crippen LogP contribution in [-0.2, 0) is 10.5 Å². The van der Waals surface area contributed by atoms with Crippen LogP contribution in [0.2, 0.25) is 0 Å². The second-order valence-electron chi connectivity index (χ2n) is 6.99. The van der Waals surface area contributed by atoms with E-state index in [4.69, 9.17) is 13.9 Å². The number of carbonyl (C=O) groups is 1. The van der Waals surface area contributed by atoms with Crippen molar-refractivity contribution in [1.29, 1.82) is 0 Å². The number of rotatable bonds is 6. The van der Waals surface area contributed by atoms with Crippen molar-refractivity contribution in [2.75, 3.05) is 11.5 Å². The van der Waals surface area contributed by atoms with Gasteiger partial charge in [0.1, 0.15) is 12.4 Å². The first-order valence-corrected chi connectivity index (χ1v) is 11.8. The van der Waals surface area contributed by atoms with Crippen LogP contribution in [-0.4, -0.2) is 27.7 Å². The third-order valence-electron chi connectivity index (χ3n) is 4.69. The van der Waals surface area contributed by atoms with E-state index in [1.807, 2.05) is 29.6 Å². The van der Waals surface area contributed by atoms with Crippen LogP contribution in [0.25, 0.3) is 0 Å². The lowest BCUT2D eigenvalue weighted by Gasteiger charge is -2.23. The molecule has 0 bridgehead atoms. The molecule has 0 spiro atoms. The number of benzene rings is 2. The summed E-state index contributed by atoms with van der Waals surface area (Å²) in [7, 11) is 0. The van der Waals surface area contributed by atoms with Crippen LogP contribution < -0.4 is 14.4 Å². The van der Waals surface area contributed by atoms with Crippen molar-refractivity contribution in [2.24, 2.45) is 0 Å². The third-order valence-corrected chi connectivity index (χ3v) is 6.42. The van der Waals surface area contributed by atoms with Crippen molar-refractivity contribution in [1.82, 2.24) is 15.2 Å². The van der Waals surface area contributed by atoms with Crippen LogP contribution >= 0.6 is 23.1 Å². The van der Waals surface area contributed by atoms with E-state index in [0.717, 1.165) is 0 Å². The second kappa shape index (κ2) is 9.20. The van der Waals surface area contributed by atoms with Gasteiger partial charge in [-0.3, -0.25) is 9.69 Å². The fourth-order valence-electron chi connectivity index (χ4n) is 3.19. The van der Waals surface area contributed by atoms with Gasteiger partial charge in [0.15, 0.2) is 16.6 Å². The zero-order chi connectivity index (χ0) is 22.8. The van der Waals surface area contributed by atoms with Gasteiger partial charge >= 0.3 is 0 Å². The van der Waals surface area contributed by atoms with E-state index in [2.05, 4.69) is 15.2 Å². The first-order valence-electron chi connectivity index (χ1n) is 9.93. The largest absolute Gasteiger partial charge is 0.485 e. The van der Waals surface area contributed by atoms with Gasteiger partial charge in [0.25, 0.3) is 11.1 Å². The highest BCUT2D eigenvalue weighted by molar-refractivity contribution is 7.98. The first-order chi connectivity index (χ1) is 16.1. The van der Waals surface area contributed by atoms with Crippen LogP contribution in [0.3, 0.4) is 0 Å². The molecule has 2 aromatic carbocycles. The molecule has 3 heterocycles. The molecule has 168 valence electrons. The van der Waals surface area contributed by atoms with E-state index in [1.54, 1.807) is 18.2 Å². The van der Waals surface area contributed by atoms with Crippen LogP contribution in [0.5, 0.6) is 11.5 Å². The summed E-state index contributed by atoms with van der Waals surface area (Å²) in [6, 6.07) is 13.5. The van der Waals surface area contributed by atoms with Crippen molar-refractivity contribution < 1.29 is 23.1 Å². The molecule has 0 radical (unpaired) electrons. The minimum Gasteiger partial charge on any atom is -0.485 e. The summed E-state index contributed by atoms with van der Waals surface area (Å²) in [5.74, 6) is 1.25. The van der Waals surface area contributed by atoms with Gasteiger partial charge in [-0.05, 0) is 24.3 Å². The number of carbonyl (C=O) groups excluding carboxylic acids is 1. The summed E-state index contributed by atoms with van der Waals surface area (Å²) in [6.45, 7) is 1.65. The minimum atomic E-state index is -0.492. The maximum Gasteiger partial charge on any atom is 0.277 e. The van der Waals surface area contributed by atoms with Gasteiger partial charge in [0.05, 0.1) is 11.4 Å². The molecule has 0 N–H and O–H groups in total. The molecule has 0 fully saturated rings. The molecule has 1 amide bonds. The lowest BCUT2D eigenvalue weighted by Crippen LogP contribution is -2.23. The lowest BCUT2D eigenvalue weighted by atomic mass is 10.2. The van der Waals surface area contributed by atoms with Crippen molar-refractivity contribution in [3.63, 3.8) is 0 Å². The Kier molecular flexibility index (Phi) is 5.97. The molecule has 33 heavy (non-hydrogen) atoms. The predicted molar refractivity (Wildman–Crippen MR) is 120 cm³/mol. The summed E-state index contributed by atoms with van der Waals surface area (Å²) in [4.78, 5) is 17.9. The van der Waals surface area contributed by atoms with Crippen LogP contribution in [0, 0.1) is 5.82 Å². The predicted octanol–water partition coefficient (Wildman–Crippen LogP) is 5.15. The summed E-state index contributed by atoms with van der Waals surface area (Å²) in [5.41, 5.74) is 0.866. The highest BCUT2D eigenvalue weighted by atomic mass is 32.2. The molecular formula is C22H17FN4O4S2. The van der Waals surface area contributed by atoms with Gasteiger partial charge < -0.3 is 13.9 Å². The third kappa shape index (κ3) is 4.55. The highest BCUT2D eigenvalue weighted by Crippen LogP contribution is 2.36. The summed E-state index contributed by atoms with van der Waals surface area (Å²) < 4.78 is 31.5. The molecule has 1 aliphatic heterocycles. The number of para-hydroxylation sites is 3. The highest BCUT2D eigenvalue weighted by Gasteiger charge is 2.27. The van der Waals surface area contributed by atoms with Gasteiger partial charge in [-0.2, -0.15) is 0 Å². The number of thioether (sulfide) groups is 1. The maximum atomic E-state index is 14.2. The van der Waals surface area contributed by atoms with Crippen molar-refractivity contribution in [2.45, 2.75) is 24.0 Å². The van der Waals surface area contributed by atoms with Crippen LogP contribution in [0.15, 0.2) is 63.6 Å². The smallest absolute Gasteiger partial charge is 0.277 e. The number of halogens is 1. The molecule has 4 aromatic rings. The first kappa shape index (κ1) is 21.4. The molecule has 0 aliphatic carbocycles. The Labute approximate surface area is 196 Å². The summed E-state index contributed by atoms with van der Waals surface area (Å²) in [6.07, 6.45) is -0.488. The zero-order valence-corrected chi connectivity index (χ0v) is 18.9. The quantitative estimate of drug-likeness (QED) is 0.347. The Bertz CT molecular complexity index is 1290. The van der Waals surface area contributed by atoms with Gasteiger partial charge in [-0.25, -0.2) is 9.37 Å². The number of anilines is 2. The molecule has 8 nitrogen and oxygen atoms in total. The van der Waals surface area contributed by atoms with E-state index in [9.17, 15) is 9.18 Å². The van der Waals surface area contributed by atoms with E-state index in [0.29, 0.717) is 39.2 Å². The van der Waals surface area contributed by atoms with Gasteiger partial charge in [0.2, 0.25) is 12.0 Å². The molecule has 0 saturated heterocycles. The Morgan fingerprint density at radius 3 is 2.79 bits per heavy atom.